The van der Waals surface area contributed by atoms with Crippen molar-refractivity contribution in [1.29, 1.82) is 0 Å². The molecule has 0 radical (unpaired) electrons. The van der Waals surface area contributed by atoms with Gasteiger partial charge < -0.3 is 18.3 Å². The van der Waals surface area contributed by atoms with Crippen LogP contribution in [-0.4, -0.2) is 72.7 Å². The van der Waals surface area contributed by atoms with Gasteiger partial charge in [0.15, 0.2) is 5.82 Å². The highest BCUT2D eigenvalue weighted by Gasteiger charge is 2.33. The van der Waals surface area contributed by atoms with Crippen molar-refractivity contribution in [2.24, 2.45) is 0 Å². The van der Waals surface area contributed by atoms with Crippen LogP contribution in [0.3, 0.4) is 0 Å². The highest BCUT2D eigenvalue weighted by atomic mass is 32.1. The van der Waals surface area contributed by atoms with Crippen molar-refractivity contribution in [3.05, 3.63) is 456 Å². The minimum atomic E-state index is 0.624. The van der Waals surface area contributed by atoms with Crippen molar-refractivity contribution in [2.75, 3.05) is 0 Å². The molecule has 33 aromatic rings. The van der Waals surface area contributed by atoms with E-state index in [0.717, 1.165) is 157 Å². The van der Waals surface area contributed by atoms with Crippen LogP contribution in [0, 0.1) is 0 Å². The molecule has 0 fully saturated rings. The molecule has 0 bridgehead atoms. The van der Waals surface area contributed by atoms with Gasteiger partial charge in [0, 0.05) is 175 Å². The molecule has 0 amide bonds. The van der Waals surface area contributed by atoms with E-state index in [1.54, 1.807) is 53.0 Å². The average molecular weight is 1980 g/mol. The molecule has 15 nitrogen and oxygen atoms in total. The first-order valence-electron chi connectivity index (χ1n) is 49.5. The van der Waals surface area contributed by atoms with Gasteiger partial charge in [-0.15, -0.1) is 45.3 Å². The van der Waals surface area contributed by atoms with E-state index in [1.165, 1.54) is 128 Å². The number of rotatable bonds is 10. The molecular weight excluding hydrogens is 1900 g/mol. The number of hydrogen-bond acceptors (Lipinski definition) is 14. The molecule has 33 rings (SSSR count). The van der Waals surface area contributed by atoms with Crippen molar-refractivity contribution in [3.63, 3.8) is 0 Å². The Balaban J connectivity index is 0.000000102. The lowest BCUT2D eigenvalue weighted by Crippen LogP contribution is -2.03. The summed E-state index contributed by atoms with van der Waals surface area (Å²) in [4.78, 5) is 51.9. The zero-order chi connectivity index (χ0) is 97.6. The monoisotopic (exact) mass is 1970 g/mol. The topological polar surface area (TPSA) is 154 Å². The Hall–Kier alpha value is -19.0. The molecule has 0 aliphatic rings. The van der Waals surface area contributed by atoms with Crippen molar-refractivity contribution in [3.8, 4) is 84.9 Å². The van der Waals surface area contributed by atoms with Gasteiger partial charge in [-0.25, -0.2) is 49.8 Å². The molecule has 0 N–H and O–H groups in total. The third kappa shape index (κ3) is 13.0. The Kier molecular flexibility index (Phi) is 19.2. The fourth-order valence-electron chi connectivity index (χ4n) is 23.3. The van der Waals surface area contributed by atoms with Gasteiger partial charge in [-0.05, 0) is 131 Å². The van der Waals surface area contributed by atoms with Gasteiger partial charge in [0.05, 0.1) is 91.7 Å². The third-order valence-electron chi connectivity index (χ3n) is 29.5. The Morgan fingerprint density at radius 2 is 0.483 bits per heavy atom. The zero-order valence-corrected chi connectivity index (χ0v) is 82.4. The Bertz CT molecular complexity index is 11300. The van der Waals surface area contributed by atoms with Crippen LogP contribution >= 0.6 is 45.3 Å². The second-order valence-corrected chi connectivity index (χ2v) is 41.6. The lowest BCUT2D eigenvalue weighted by atomic mass is 10.0. The van der Waals surface area contributed by atoms with Crippen LogP contribution < -0.4 is 0 Å². The van der Waals surface area contributed by atoms with Crippen LogP contribution in [0.1, 0.15) is 0 Å². The highest BCUT2D eigenvalue weighted by Crippen LogP contribution is 2.57. The van der Waals surface area contributed by atoms with E-state index in [9.17, 15) is 0 Å². The summed E-state index contributed by atoms with van der Waals surface area (Å²) < 4.78 is 18.3. The van der Waals surface area contributed by atoms with E-state index >= 15 is 0 Å². The number of benzene rings is 19. The van der Waals surface area contributed by atoms with Gasteiger partial charge >= 0.3 is 0 Å². The molecule has 19 aromatic carbocycles. The van der Waals surface area contributed by atoms with Crippen LogP contribution in [0.15, 0.2) is 456 Å². The predicted octanol–water partition coefficient (Wildman–Crippen LogP) is 34.6. The van der Waals surface area contributed by atoms with E-state index in [0.29, 0.717) is 11.8 Å². The van der Waals surface area contributed by atoms with E-state index in [1.807, 2.05) is 54.2 Å². The van der Waals surface area contributed by atoms with Gasteiger partial charge in [0.2, 0.25) is 5.95 Å². The van der Waals surface area contributed by atoms with Crippen molar-refractivity contribution in [1.82, 2.24) is 72.7 Å². The van der Waals surface area contributed by atoms with Crippen molar-refractivity contribution in [2.45, 2.75) is 0 Å². The summed E-state index contributed by atoms with van der Waals surface area (Å²) in [6.45, 7) is 0. The van der Waals surface area contributed by atoms with Gasteiger partial charge in [-0.1, -0.05) is 309 Å². The van der Waals surface area contributed by atoms with Gasteiger partial charge in [-0.2, -0.15) is 0 Å². The lowest BCUT2D eigenvalue weighted by Gasteiger charge is -2.13. The molecule has 0 aliphatic carbocycles. The largest absolute Gasteiger partial charge is 0.309 e. The Morgan fingerprint density at radius 3 is 0.946 bits per heavy atom. The number of fused-ring (bicyclic) bond motifs is 38. The molecule has 149 heavy (non-hydrogen) atoms. The van der Waals surface area contributed by atoms with Crippen LogP contribution in [0.25, 0.3) is 297 Å². The van der Waals surface area contributed by atoms with Crippen molar-refractivity contribution < 1.29 is 0 Å². The Morgan fingerprint density at radius 1 is 0.181 bits per heavy atom. The smallest absolute Gasteiger partial charge is 0.235 e. The normalized spacial score (nSPS) is 12.0. The molecule has 0 unspecified atom stereocenters. The molecule has 0 saturated carbocycles. The summed E-state index contributed by atoms with van der Waals surface area (Å²) in [6.07, 6.45) is 10.9. The van der Waals surface area contributed by atoms with E-state index in [4.69, 9.17) is 34.9 Å². The maximum Gasteiger partial charge on any atom is 0.235 e. The van der Waals surface area contributed by atoms with Gasteiger partial charge in [0.1, 0.15) is 33.5 Å². The van der Waals surface area contributed by atoms with Crippen LogP contribution in [0.4, 0.5) is 0 Å². The van der Waals surface area contributed by atoms with Crippen LogP contribution in [0.2, 0.25) is 0 Å². The molecule has 0 spiro atoms. The lowest BCUT2D eigenvalue weighted by molar-refractivity contribution is 1.02. The number of nitrogens with zero attached hydrogens (tertiary/aromatic N) is 15. The number of para-hydroxylation sites is 9. The fraction of sp³-hybridized carbons (Fsp3) is 0. The molecule has 19 heteroatoms. The maximum atomic E-state index is 5.50. The Labute approximate surface area is 864 Å². The number of aromatic nitrogens is 15. The molecular formula is C130H75N15S4. The van der Waals surface area contributed by atoms with E-state index < -0.39 is 0 Å². The van der Waals surface area contributed by atoms with Crippen molar-refractivity contribution >= 4 is 257 Å². The fourth-order valence-corrected chi connectivity index (χ4v) is 28.0. The minimum Gasteiger partial charge on any atom is -0.309 e. The maximum absolute atomic E-state index is 5.50. The first-order valence-corrected chi connectivity index (χ1v) is 52.8. The SMILES string of the molecule is c1ccc(-c2ccc(-c3nc(-n4c5ccccc5c5c4c4sc6ncncc6c4c4c6ccccc6n(-c6ccccc6)c45)nc4ccccc34)cc2)cc1.c1ccc(-c2ccc(-n3c4ccccc4c4c5sc6ccccc6c5c5c6cncnc6sc5c43)cc2)cc1.c1ccc(-c2nc(-c3ccc(-n4c5ccccc5c5c4c4sc6ncncc6c4c4c6ccccc6n(-c6ccccc6)c45)cc3)nc3ccccc23)cc1. The molecule has 694 valence electrons. The van der Waals surface area contributed by atoms with Crippen LogP contribution in [0.5, 0.6) is 0 Å². The van der Waals surface area contributed by atoms with Gasteiger partial charge in [0.25, 0.3) is 0 Å². The number of thiophene rings is 4. The zero-order valence-electron chi connectivity index (χ0n) is 79.1. The van der Waals surface area contributed by atoms with E-state index in [-0.39, 0.29) is 0 Å². The predicted molar refractivity (Wildman–Crippen MR) is 623 cm³/mol. The summed E-state index contributed by atoms with van der Waals surface area (Å²) in [5.74, 6) is 1.32. The summed E-state index contributed by atoms with van der Waals surface area (Å²) in [5, 5.41) is 23.6. The summed E-state index contributed by atoms with van der Waals surface area (Å²) in [5.41, 5.74) is 27.4. The van der Waals surface area contributed by atoms with Crippen LogP contribution in [-0.2, 0) is 0 Å². The second-order valence-electron chi connectivity index (χ2n) is 37.6. The number of hydrogen-bond donors (Lipinski definition) is 0. The molecule has 0 aliphatic heterocycles. The summed E-state index contributed by atoms with van der Waals surface area (Å²) >= 11 is 7.12. The molecule has 14 heterocycles. The average Bonchev–Trinajstić information content (AvgIpc) is 1.52. The van der Waals surface area contributed by atoms with Gasteiger partial charge in [-0.3, -0.25) is 4.57 Å². The first-order chi connectivity index (χ1) is 74.0. The minimum absolute atomic E-state index is 0.624. The molecule has 0 atom stereocenters. The first kappa shape index (κ1) is 84.5. The third-order valence-corrected chi connectivity index (χ3v) is 34.1. The summed E-state index contributed by atoms with van der Waals surface area (Å²) in [7, 11) is 0. The highest BCUT2D eigenvalue weighted by molar-refractivity contribution is 7.29. The standard InChI is InChI=1S/2C48H28N6S.C34H19N3S2/c1-3-13-29(14-4-1)43-33-17-7-10-20-37(33)51-47(52-43)30-23-25-32(26-24-30)54-39-22-12-9-19-35(39)42-44-40(41-36-27-49-28-50-48(36)55-46(41)45(42)54)34-18-8-11-21-38(34)53(44)31-15-5-2-6-16-31;1-3-13-29(14-4-1)30-23-25-31(26-24-30)43-33-17-7-10-20-37(33)51-48(52-43)54-39-22-12-9-19-35(39)42-44-40(41-36-27-49-28-50-47(36)55-46(41)45(42)54)34-18-8-11-21-38(34)53(44)32-15-5-2-6-16-32;1-2-8-20(9-3-1)21-14-16-22(17-15-21)37-26-12-6-4-10-23(26)30-31(37)33-29(25-18-35-19-36-34(25)39-33)28-24-11-5-7-13-27(24)38-32(28)30/h2*1-28H;1-19H. The molecule has 14 aromatic heterocycles. The quantitative estimate of drug-likeness (QED) is 0.129. The second kappa shape index (κ2) is 33.8. The van der Waals surface area contributed by atoms with E-state index in [2.05, 4.69) is 432 Å². The molecule has 0 saturated heterocycles. The summed E-state index contributed by atoms with van der Waals surface area (Å²) in [6, 6.07) is 148.